The van der Waals surface area contributed by atoms with Gasteiger partial charge in [0.15, 0.2) is 5.65 Å². The van der Waals surface area contributed by atoms with Crippen LogP contribution in [0.2, 0.25) is 0 Å². The van der Waals surface area contributed by atoms with Gasteiger partial charge in [0, 0.05) is 18.3 Å². The van der Waals surface area contributed by atoms with Crippen molar-refractivity contribution in [2.75, 3.05) is 0 Å². The average Bonchev–Trinajstić information content (AvgIpc) is 2.80. The van der Waals surface area contributed by atoms with Gasteiger partial charge in [-0.25, -0.2) is 9.97 Å². The first-order chi connectivity index (χ1) is 9.15. The van der Waals surface area contributed by atoms with Crippen molar-refractivity contribution >= 4 is 11.6 Å². The number of nitrogens with two attached hydrogens (primary N) is 1. The molecule has 2 N–H and O–H groups in total. The molecule has 2 aromatic heterocycles. The van der Waals surface area contributed by atoms with E-state index in [1.807, 2.05) is 10.6 Å². The van der Waals surface area contributed by atoms with Crippen LogP contribution < -0.4 is 5.73 Å². The molecule has 2 aromatic rings. The number of primary amides is 1. The molecule has 5 heteroatoms. The normalized spacial score (nSPS) is 11.3. The Labute approximate surface area is 112 Å². The zero-order valence-corrected chi connectivity index (χ0v) is 11.5. The number of hydrogen-bond donors (Lipinski definition) is 1. The van der Waals surface area contributed by atoms with Crippen molar-refractivity contribution in [1.29, 1.82) is 0 Å². The van der Waals surface area contributed by atoms with Crippen LogP contribution in [0.15, 0.2) is 18.6 Å². The lowest BCUT2D eigenvalue weighted by Crippen LogP contribution is -2.13. The van der Waals surface area contributed by atoms with E-state index >= 15 is 0 Å². The Balaban J connectivity index is 2.36. The fourth-order valence-electron chi connectivity index (χ4n) is 2.38. The van der Waals surface area contributed by atoms with Gasteiger partial charge in [0.1, 0.15) is 5.69 Å². The first kappa shape index (κ1) is 13.5. The summed E-state index contributed by atoms with van der Waals surface area (Å²) in [6.07, 6.45) is 9.77. The first-order valence-corrected chi connectivity index (χ1v) is 6.80. The third-order valence-electron chi connectivity index (χ3n) is 3.31. The number of aromatic nitrogens is 3. The molecular weight excluding hydrogens is 240 g/mol. The molecule has 0 saturated carbocycles. The molecule has 0 aromatic carbocycles. The van der Waals surface area contributed by atoms with Crippen LogP contribution in [0.4, 0.5) is 0 Å². The van der Waals surface area contributed by atoms with Gasteiger partial charge in [0.05, 0.1) is 11.9 Å². The largest absolute Gasteiger partial charge is 0.364 e. The zero-order chi connectivity index (χ0) is 13.8. The smallest absolute Gasteiger partial charge is 0.268 e. The Kier molecular flexibility index (Phi) is 4.14. The van der Waals surface area contributed by atoms with Crippen LogP contribution in [0.3, 0.4) is 0 Å². The molecule has 0 radical (unpaired) electrons. The van der Waals surface area contributed by atoms with Crippen molar-refractivity contribution in [3.8, 4) is 0 Å². The predicted octanol–water partition coefficient (Wildman–Crippen LogP) is 2.51. The molecule has 5 nitrogen and oxygen atoms in total. The molecule has 0 fully saturated rings. The monoisotopic (exact) mass is 260 g/mol. The minimum absolute atomic E-state index is 0.263. The van der Waals surface area contributed by atoms with Crippen molar-refractivity contribution in [3.63, 3.8) is 0 Å². The number of nitrogens with zero attached hydrogens (tertiary/aromatic N) is 3. The van der Waals surface area contributed by atoms with Crippen LogP contribution in [-0.2, 0) is 0 Å². The third kappa shape index (κ3) is 2.92. The van der Waals surface area contributed by atoms with Crippen LogP contribution in [0.1, 0.15) is 61.6 Å². The van der Waals surface area contributed by atoms with Gasteiger partial charge in [-0.2, -0.15) is 0 Å². The van der Waals surface area contributed by atoms with Gasteiger partial charge in [-0.05, 0) is 12.8 Å². The molecule has 0 bridgehead atoms. The van der Waals surface area contributed by atoms with Crippen LogP contribution >= 0.6 is 0 Å². The Morgan fingerprint density at radius 2 is 2.00 bits per heavy atom. The van der Waals surface area contributed by atoms with Gasteiger partial charge >= 0.3 is 0 Å². The highest BCUT2D eigenvalue weighted by Gasteiger charge is 2.14. The molecule has 0 aliphatic rings. The average molecular weight is 260 g/mol. The highest BCUT2D eigenvalue weighted by molar-refractivity contribution is 5.90. The molecule has 0 aliphatic heterocycles. The van der Waals surface area contributed by atoms with Gasteiger partial charge in [-0.15, -0.1) is 0 Å². The topological polar surface area (TPSA) is 73.3 Å². The molecular formula is C14H20N4O. The number of carbonyl (C=O) groups is 1. The molecule has 0 saturated heterocycles. The predicted molar refractivity (Wildman–Crippen MR) is 74.1 cm³/mol. The minimum atomic E-state index is -0.518. The second kappa shape index (κ2) is 5.82. The van der Waals surface area contributed by atoms with Gasteiger partial charge < -0.3 is 10.1 Å². The molecule has 102 valence electrons. The summed E-state index contributed by atoms with van der Waals surface area (Å²) < 4.78 is 1.83. The molecule has 0 unspecified atom stereocenters. The fourth-order valence-corrected chi connectivity index (χ4v) is 2.38. The van der Waals surface area contributed by atoms with E-state index in [2.05, 4.69) is 23.8 Å². The van der Waals surface area contributed by atoms with E-state index in [-0.39, 0.29) is 5.69 Å². The standard InChI is InChI=1S/C14H20N4O/c1-3-5-10(6-4-2)11-8-18-9-12(14(15)19)16-7-13(18)17-11/h7-10H,3-6H2,1-2H3,(H2,15,19). The van der Waals surface area contributed by atoms with Crippen molar-refractivity contribution in [3.05, 3.63) is 30.0 Å². The third-order valence-corrected chi connectivity index (χ3v) is 3.31. The highest BCUT2D eigenvalue weighted by atomic mass is 16.1. The van der Waals surface area contributed by atoms with E-state index in [0.29, 0.717) is 5.92 Å². The van der Waals surface area contributed by atoms with Crippen molar-refractivity contribution < 1.29 is 4.79 Å². The lowest BCUT2D eigenvalue weighted by Gasteiger charge is -2.11. The summed E-state index contributed by atoms with van der Waals surface area (Å²) in [6, 6.07) is 0. The maximum atomic E-state index is 11.1. The zero-order valence-electron chi connectivity index (χ0n) is 11.5. The Hall–Kier alpha value is -1.91. The second-order valence-corrected chi connectivity index (χ2v) is 4.84. The number of fused-ring (bicyclic) bond motifs is 1. The van der Waals surface area contributed by atoms with E-state index in [1.165, 1.54) is 0 Å². The van der Waals surface area contributed by atoms with Crippen LogP contribution in [0.25, 0.3) is 5.65 Å². The Morgan fingerprint density at radius 3 is 2.58 bits per heavy atom. The van der Waals surface area contributed by atoms with Gasteiger partial charge in [0.25, 0.3) is 5.91 Å². The number of hydrogen-bond acceptors (Lipinski definition) is 3. The minimum Gasteiger partial charge on any atom is -0.364 e. The van der Waals surface area contributed by atoms with Crippen LogP contribution in [-0.4, -0.2) is 20.3 Å². The summed E-state index contributed by atoms with van der Waals surface area (Å²) >= 11 is 0. The molecule has 2 rings (SSSR count). The number of amides is 1. The van der Waals surface area contributed by atoms with E-state index in [1.54, 1.807) is 12.4 Å². The molecule has 2 heterocycles. The summed E-state index contributed by atoms with van der Waals surface area (Å²) in [5, 5.41) is 0. The Bertz CT molecular complexity index is 570. The Morgan fingerprint density at radius 1 is 1.32 bits per heavy atom. The summed E-state index contributed by atoms with van der Waals surface area (Å²) in [5.74, 6) is -0.0391. The number of imidazole rings is 1. The maximum absolute atomic E-state index is 11.1. The molecule has 19 heavy (non-hydrogen) atoms. The first-order valence-electron chi connectivity index (χ1n) is 6.80. The second-order valence-electron chi connectivity index (χ2n) is 4.84. The molecule has 0 atom stereocenters. The summed E-state index contributed by atoms with van der Waals surface area (Å²) in [4.78, 5) is 19.7. The lowest BCUT2D eigenvalue weighted by atomic mass is 9.95. The SMILES string of the molecule is CCCC(CCC)c1cn2cc(C(N)=O)ncc2n1. The summed E-state index contributed by atoms with van der Waals surface area (Å²) in [6.45, 7) is 4.37. The summed E-state index contributed by atoms with van der Waals surface area (Å²) in [7, 11) is 0. The maximum Gasteiger partial charge on any atom is 0.268 e. The molecule has 0 spiro atoms. The highest BCUT2D eigenvalue weighted by Crippen LogP contribution is 2.25. The van der Waals surface area contributed by atoms with Crippen LogP contribution in [0, 0.1) is 0 Å². The number of rotatable bonds is 6. The van der Waals surface area contributed by atoms with E-state index in [4.69, 9.17) is 5.73 Å². The van der Waals surface area contributed by atoms with Gasteiger partial charge in [-0.1, -0.05) is 26.7 Å². The van der Waals surface area contributed by atoms with Gasteiger partial charge in [0.2, 0.25) is 0 Å². The lowest BCUT2D eigenvalue weighted by molar-refractivity contribution is 0.0995. The van der Waals surface area contributed by atoms with Gasteiger partial charge in [-0.3, -0.25) is 4.79 Å². The molecule has 1 amide bonds. The van der Waals surface area contributed by atoms with Crippen molar-refractivity contribution in [2.45, 2.75) is 45.4 Å². The van der Waals surface area contributed by atoms with E-state index < -0.39 is 5.91 Å². The van der Waals surface area contributed by atoms with Crippen LogP contribution in [0.5, 0.6) is 0 Å². The van der Waals surface area contributed by atoms with Crippen molar-refractivity contribution in [1.82, 2.24) is 14.4 Å². The fraction of sp³-hybridized carbons (Fsp3) is 0.500. The van der Waals surface area contributed by atoms with E-state index in [0.717, 1.165) is 37.0 Å². The molecule has 0 aliphatic carbocycles. The quantitative estimate of drug-likeness (QED) is 0.867. The van der Waals surface area contributed by atoms with E-state index in [9.17, 15) is 4.79 Å². The van der Waals surface area contributed by atoms with Crippen molar-refractivity contribution in [2.24, 2.45) is 5.73 Å². The summed E-state index contributed by atoms with van der Waals surface area (Å²) in [5.41, 5.74) is 7.33. The number of carbonyl (C=O) groups excluding carboxylic acids is 1.